The van der Waals surface area contributed by atoms with Crippen LogP contribution in [-0.4, -0.2) is 22.9 Å². The monoisotopic (exact) mass is 214 g/mol. The average Bonchev–Trinajstić information content (AvgIpc) is 2.97. The first kappa shape index (κ1) is 9.52. The molecule has 0 radical (unpaired) electrons. The smallest absolute Gasteiger partial charge is 0.356 e. The molecule has 0 unspecified atom stereocenters. The Labute approximate surface area is 86.8 Å². The van der Waals surface area contributed by atoms with Gasteiger partial charge in [0.05, 0.1) is 12.8 Å². The minimum Gasteiger partial charge on any atom is -0.464 e. The number of nitrogens with zero attached hydrogens (tertiary/aromatic N) is 2. The highest BCUT2D eigenvalue weighted by molar-refractivity contribution is 6.15. The Bertz CT molecular complexity index is 358. The van der Waals surface area contributed by atoms with Crippen LogP contribution in [0.5, 0.6) is 0 Å². The highest BCUT2D eigenvalue weighted by Crippen LogP contribution is 2.39. The maximum Gasteiger partial charge on any atom is 0.356 e. The second kappa shape index (κ2) is 3.61. The third-order valence-corrected chi connectivity index (χ3v) is 2.53. The summed E-state index contributed by atoms with van der Waals surface area (Å²) in [5, 5.41) is 4.24. The molecule has 1 heterocycles. The Kier molecular flexibility index (Phi) is 2.46. The Balaban J connectivity index is 2.31. The van der Waals surface area contributed by atoms with Gasteiger partial charge in [-0.1, -0.05) is 0 Å². The van der Waals surface area contributed by atoms with Gasteiger partial charge in [-0.15, -0.1) is 11.6 Å². The van der Waals surface area contributed by atoms with E-state index in [0.29, 0.717) is 11.6 Å². The van der Waals surface area contributed by atoms with E-state index >= 15 is 0 Å². The van der Waals surface area contributed by atoms with Crippen molar-refractivity contribution in [3.8, 4) is 0 Å². The van der Waals surface area contributed by atoms with E-state index in [1.807, 2.05) is 0 Å². The first-order valence-electron chi connectivity index (χ1n) is 4.48. The lowest BCUT2D eigenvalue weighted by Gasteiger charge is -1.99. The van der Waals surface area contributed by atoms with Gasteiger partial charge < -0.3 is 4.74 Å². The molecule has 0 N–H and O–H groups in total. The van der Waals surface area contributed by atoms with Crippen molar-refractivity contribution in [1.29, 1.82) is 0 Å². The third kappa shape index (κ3) is 1.62. The van der Waals surface area contributed by atoms with Crippen molar-refractivity contribution in [3.63, 3.8) is 0 Å². The van der Waals surface area contributed by atoms with Crippen LogP contribution in [0.3, 0.4) is 0 Å². The van der Waals surface area contributed by atoms with Gasteiger partial charge in [0, 0.05) is 5.92 Å². The topological polar surface area (TPSA) is 44.1 Å². The van der Waals surface area contributed by atoms with Gasteiger partial charge in [0.1, 0.15) is 11.7 Å². The second-order valence-electron chi connectivity index (χ2n) is 3.34. The lowest BCUT2D eigenvalue weighted by atomic mass is 10.3. The number of rotatable bonds is 3. The molecule has 1 fully saturated rings. The van der Waals surface area contributed by atoms with Crippen LogP contribution >= 0.6 is 11.6 Å². The fourth-order valence-corrected chi connectivity index (χ4v) is 1.56. The number of carbonyl (C=O) groups excluding carboxylic acids is 1. The van der Waals surface area contributed by atoms with Crippen LogP contribution in [0.15, 0.2) is 6.07 Å². The molecule has 2 rings (SSSR count). The Morgan fingerprint density at radius 1 is 1.79 bits per heavy atom. The van der Waals surface area contributed by atoms with Crippen molar-refractivity contribution in [1.82, 2.24) is 9.78 Å². The van der Waals surface area contributed by atoms with Gasteiger partial charge in [-0.25, -0.2) is 9.48 Å². The predicted molar refractivity (Wildman–Crippen MR) is 51.4 cm³/mol. The minimum absolute atomic E-state index is 0.178. The number of carbonyl (C=O) groups is 1. The van der Waals surface area contributed by atoms with Gasteiger partial charge in [-0.05, 0) is 18.9 Å². The first-order chi connectivity index (χ1) is 6.76. The van der Waals surface area contributed by atoms with Crippen LogP contribution in [0.1, 0.15) is 34.9 Å². The molecule has 0 bridgehead atoms. The van der Waals surface area contributed by atoms with E-state index in [4.69, 9.17) is 11.6 Å². The SMILES string of the molecule is COC(=O)c1cc(C2CC2)nn1CCl. The Morgan fingerprint density at radius 2 is 2.50 bits per heavy atom. The Morgan fingerprint density at radius 3 is 3.00 bits per heavy atom. The summed E-state index contributed by atoms with van der Waals surface area (Å²) in [4.78, 5) is 11.3. The first-order valence-corrected chi connectivity index (χ1v) is 5.01. The summed E-state index contributed by atoms with van der Waals surface area (Å²) in [5.41, 5.74) is 1.38. The van der Waals surface area contributed by atoms with Gasteiger partial charge >= 0.3 is 5.97 Å². The lowest BCUT2D eigenvalue weighted by molar-refractivity contribution is 0.0588. The number of aromatic nitrogens is 2. The largest absolute Gasteiger partial charge is 0.464 e. The summed E-state index contributed by atoms with van der Waals surface area (Å²) in [7, 11) is 1.35. The van der Waals surface area contributed by atoms with Gasteiger partial charge in [-0.3, -0.25) is 0 Å². The molecular formula is C9H11ClN2O2. The molecule has 1 aliphatic carbocycles. The average molecular weight is 215 g/mol. The second-order valence-corrected chi connectivity index (χ2v) is 3.58. The van der Waals surface area contributed by atoms with E-state index in [0.717, 1.165) is 18.5 Å². The summed E-state index contributed by atoms with van der Waals surface area (Å²) in [5.74, 6) is 0.132. The quantitative estimate of drug-likeness (QED) is 0.569. The summed E-state index contributed by atoms with van der Waals surface area (Å²) in [6.45, 7) is 0. The molecule has 1 saturated carbocycles. The van der Waals surface area contributed by atoms with Crippen molar-refractivity contribution in [3.05, 3.63) is 17.5 Å². The molecule has 14 heavy (non-hydrogen) atoms. The molecule has 0 saturated heterocycles. The summed E-state index contributed by atoms with van der Waals surface area (Å²) >= 11 is 5.66. The van der Waals surface area contributed by atoms with Crippen LogP contribution < -0.4 is 0 Å². The number of hydrogen-bond acceptors (Lipinski definition) is 3. The zero-order valence-electron chi connectivity index (χ0n) is 7.86. The van der Waals surface area contributed by atoms with Crippen molar-refractivity contribution < 1.29 is 9.53 Å². The molecule has 0 amide bonds. The van der Waals surface area contributed by atoms with E-state index in [2.05, 4.69) is 9.84 Å². The molecular weight excluding hydrogens is 204 g/mol. The fourth-order valence-electron chi connectivity index (χ4n) is 1.38. The Hall–Kier alpha value is -1.03. The summed E-state index contributed by atoms with van der Waals surface area (Å²) in [6, 6.07) is 1.95. The van der Waals surface area contributed by atoms with E-state index in [1.165, 1.54) is 11.8 Å². The molecule has 0 aliphatic heterocycles. The van der Waals surface area contributed by atoms with E-state index in [-0.39, 0.29) is 12.0 Å². The highest BCUT2D eigenvalue weighted by Gasteiger charge is 2.28. The van der Waals surface area contributed by atoms with E-state index in [1.54, 1.807) is 6.07 Å². The highest BCUT2D eigenvalue weighted by atomic mass is 35.5. The van der Waals surface area contributed by atoms with Crippen LogP contribution in [0.25, 0.3) is 0 Å². The van der Waals surface area contributed by atoms with Crippen molar-refractivity contribution in [2.75, 3.05) is 7.11 Å². The summed E-state index contributed by atoms with van der Waals surface area (Å²) in [6.07, 6.45) is 2.31. The van der Waals surface area contributed by atoms with Gasteiger partial charge in [0.15, 0.2) is 0 Å². The number of hydrogen-bond donors (Lipinski definition) is 0. The standard InChI is InChI=1S/C9H11ClN2O2/c1-14-9(13)8-4-7(6-2-3-6)11-12(8)5-10/h4,6H,2-3,5H2,1H3. The predicted octanol–water partition coefficient (Wildman–Crippen LogP) is 1.74. The molecule has 1 aromatic heterocycles. The minimum atomic E-state index is -0.384. The molecule has 76 valence electrons. The van der Waals surface area contributed by atoms with Gasteiger partial charge in [-0.2, -0.15) is 5.10 Å². The number of methoxy groups -OCH3 is 1. The summed E-state index contributed by atoms with van der Waals surface area (Å²) < 4.78 is 6.11. The molecule has 1 aliphatic rings. The number of halogens is 1. The van der Waals surface area contributed by atoms with Gasteiger partial charge in [0.2, 0.25) is 0 Å². The maximum atomic E-state index is 11.3. The molecule has 4 nitrogen and oxygen atoms in total. The van der Waals surface area contributed by atoms with E-state index in [9.17, 15) is 4.79 Å². The van der Waals surface area contributed by atoms with Crippen molar-refractivity contribution >= 4 is 17.6 Å². The normalized spacial score (nSPS) is 15.6. The van der Waals surface area contributed by atoms with E-state index < -0.39 is 0 Å². The zero-order valence-corrected chi connectivity index (χ0v) is 8.62. The van der Waals surface area contributed by atoms with Crippen molar-refractivity contribution in [2.45, 2.75) is 24.8 Å². The number of esters is 1. The van der Waals surface area contributed by atoms with Crippen molar-refractivity contribution in [2.24, 2.45) is 0 Å². The van der Waals surface area contributed by atoms with Crippen LogP contribution in [0, 0.1) is 0 Å². The molecule has 1 aromatic rings. The number of alkyl halides is 1. The fraction of sp³-hybridized carbons (Fsp3) is 0.556. The molecule has 5 heteroatoms. The lowest BCUT2D eigenvalue weighted by Crippen LogP contribution is -2.09. The van der Waals surface area contributed by atoms with Crippen LogP contribution in [0.2, 0.25) is 0 Å². The molecule has 0 aromatic carbocycles. The molecule has 0 spiro atoms. The van der Waals surface area contributed by atoms with Crippen LogP contribution in [-0.2, 0) is 10.7 Å². The van der Waals surface area contributed by atoms with Crippen LogP contribution in [0.4, 0.5) is 0 Å². The van der Waals surface area contributed by atoms with Gasteiger partial charge in [0.25, 0.3) is 0 Å². The zero-order chi connectivity index (χ0) is 10.1. The maximum absolute atomic E-state index is 11.3. The molecule has 0 atom stereocenters. The third-order valence-electron chi connectivity index (χ3n) is 2.30. The number of ether oxygens (including phenoxy) is 1.